The van der Waals surface area contributed by atoms with Crippen LogP contribution in [0.4, 0.5) is 11.5 Å². The summed E-state index contributed by atoms with van der Waals surface area (Å²) in [6.45, 7) is 9.12. The van der Waals surface area contributed by atoms with E-state index in [0.717, 1.165) is 30.9 Å². The summed E-state index contributed by atoms with van der Waals surface area (Å²) >= 11 is 0. The summed E-state index contributed by atoms with van der Waals surface area (Å²) in [4.78, 5) is 36.4. The van der Waals surface area contributed by atoms with Crippen molar-refractivity contribution in [3.8, 4) is 0 Å². The van der Waals surface area contributed by atoms with Crippen molar-refractivity contribution in [1.29, 1.82) is 0 Å². The van der Waals surface area contributed by atoms with Gasteiger partial charge >= 0.3 is 0 Å². The average Bonchev–Trinajstić information content (AvgIpc) is 3.07. The number of anilines is 2. The van der Waals surface area contributed by atoms with Crippen LogP contribution >= 0.6 is 0 Å². The van der Waals surface area contributed by atoms with Crippen LogP contribution in [0.5, 0.6) is 0 Å². The molecule has 0 saturated carbocycles. The van der Waals surface area contributed by atoms with Crippen LogP contribution in [0.15, 0.2) is 16.8 Å². The van der Waals surface area contributed by atoms with E-state index in [-0.39, 0.29) is 18.4 Å². The largest absolute Gasteiger partial charge is 0.361 e. The van der Waals surface area contributed by atoms with Gasteiger partial charge in [0.1, 0.15) is 5.76 Å². The molecule has 5 heterocycles. The lowest BCUT2D eigenvalue weighted by atomic mass is 9.97. The highest BCUT2D eigenvalue weighted by molar-refractivity contribution is 6.04. The van der Waals surface area contributed by atoms with Gasteiger partial charge in [-0.3, -0.25) is 14.5 Å². The number of amides is 2. The van der Waals surface area contributed by atoms with Crippen LogP contribution in [-0.2, 0) is 11.3 Å². The molecule has 32 heavy (non-hydrogen) atoms. The van der Waals surface area contributed by atoms with Gasteiger partial charge in [0.25, 0.3) is 5.91 Å². The summed E-state index contributed by atoms with van der Waals surface area (Å²) in [7, 11) is 0. The van der Waals surface area contributed by atoms with Crippen molar-refractivity contribution in [1.82, 2.24) is 19.9 Å². The highest BCUT2D eigenvalue weighted by atomic mass is 16.5. The lowest BCUT2D eigenvalue weighted by molar-refractivity contribution is -0.117. The molecule has 9 nitrogen and oxygen atoms in total. The molecule has 2 aromatic heterocycles. The summed E-state index contributed by atoms with van der Waals surface area (Å²) < 4.78 is 5.26. The van der Waals surface area contributed by atoms with E-state index in [1.165, 1.54) is 19.3 Å². The molecule has 2 fully saturated rings. The van der Waals surface area contributed by atoms with Crippen molar-refractivity contribution >= 4 is 23.3 Å². The average molecular weight is 439 g/mol. The van der Waals surface area contributed by atoms with Gasteiger partial charge in [0, 0.05) is 36.9 Å². The van der Waals surface area contributed by atoms with Crippen LogP contribution in [0, 0.1) is 13.8 Å². The Kier molecular flexibility index (Phi) is 5.36. The lowest BCUT2D eigenvalue weighted by Gasteiger charge is -2.49. The molecular formula is C23H30N6O3. The standard InChI is InChI=1S/C23H30N6O3/c1-14-6-4-5-7-28(14)18-11-27(12-18)23(31)17-8-20-22(24-9-17)25-10-21(30)29(20)13-19-15(2)26-32-16(19)3/h8-9,14,18H,4-7,10-13H2,1-3H3,(H,24,25). The number of likely N-dealkylation sites (tertiary alicyclic amines) is 2. The smallest absolute Gasteiger partial charge is 0.255 e. The van der Waals surface area contributed by atoms with Crippen LogP contribution in [0.25, 0.3) is 0 Å². The first-order chi connectivity index (χ1) is 15.4. The third kappa shape index (κ3) is 3.64. The second-order valence-electron chi connectivity index (χ2n) is 9.17. The molecule has 2 amide bonds. The first-order valence-corrected chi connectivity index (χ1v) is 11.4. The second-order valence-corrected chi connectivity index (χ2v) is 9.17. The minimum Gasteiger partial charge on any atom is -0.361 e. The van der Waals surface area contributed by atoms with Crippen molar-refractivity contribution in [3.05, 3.63) is 34.8 Å². The summed E-state index contributed by atoms with van der Waals surface area (Å²) in [6, 6.07) is 2.81. The van der Waals surface area contributed by atoms with Gasteiger partial charge in [0.2, 0.25) is 5.91 Å². The van der Waals surface area contributed by atoms with E-state index in [0.29, 0.717) is 41.5 Å². The van der Waals surface area contributed by atoms with E-state index >= 15 is 0 Å². The Morgan fingerprint density at radius 3 is 2.81 bits per heavy atom. The molecule has 170 valence electrons. The van der Waals surface area contributed by atoms with Crippen molar-refractivity contribution < 1.29 is 14.1 Å². The van der Waals surface area contributed by atoms with Gasteiger partial charge in [-0.25, -0.2) is 4.98 Å². The van der Waals surface area contributed by atoms with Crippen molar-refractivity contribution in [2.75, 3.05) is 36.4 Å². The minimum absolute atomic E-state index is 0.0310. The normalized spacial score (nSPS) is 21.8. The van der Waals surface area contributed by atoms with Gasteiger partial charge in [0.15, 0.2) is 5.82 Å². The number of rotatable bonds is 4. The maximum absolute atomic E-state index is 13.2. The number of carbonyl (C=O) groups is 2. The predicted molar refractivity (Wildman–Crippen MR) is 120 cm³/mol. The van der Waals surface area contributed by atoms with Crippen molar-refractivity contribution in [2.45, 2.75) is 58.7 Å². The fourth-order valence-electron chi connectivity index (χ4n) is 5.04. The van der Waals surface area contributed by atoms with Crippen LogP contribution in [0.2, 0.25) is 0 Å². The first-order valence-electron chi connectivity index (χ1n) is 11.4. The molecule has 1 N–H and O–H groups in total. The molecule has 0 radical (unpaired) electrons. The van der Waals surface area contributed by atoms with E-state index in [1.807, 2.05) is 18.7 Å². The molecule has 0 spiro atoms. The molecule has 0 aromatic carbocycles. The van der Waals surface area contributed by atoms with Crippen LogP contribution in [-0.4, -0.2) is 70.0 Å². The van der Waals surface area contributed by atoms with Crippen molar-refractivity contribution in [3.63, 3.8) is 0 Å². The zero-order valence-corrected chi connectivity index (χ0v) is 18.9. The number of pyridine rings is 1. The zero-order valence-electron chi connectivity index (χ0n) is 18.9. The fourth-order valence-corrected chi connectivity index (χ4v) is 5.04. The molecule has 3 aliphatic rings. The van der Waals surface area contributed by atoms with Gasteiger partial charge in [0.05, 0.1) is 30.0 Å². The van der Waals surface area contributed by atoms with Gasteiger partial charge in [-0.05, 0) is 46.2 Å². The Morgan fingerprint density at radius 1 is 1.28 bits per heavy atom. The number of piperidine rings is 1. The SMILES string of the molecule is Cc1noc(C)c1CN1C(=O)CNc2ncc(C(=O)N3CC(N4CCCCC4C)C3)cc21. The summed E-state index contributed by atoms with van der Waals surface area (Å²) in [5.74, 6) is 1.19. The fraction of sp³-hybridized carbons (Fsp3) is 0.565. The molecule has 2 aromatic rings. The van der Waals surface area contributed by atoms with Crippen LogP contribution in [0.1, 0.15) is 53.6 Å². The summed E-state index contributed by atoms with van der Waals surface area (Å²) in [5, 5.41) is 7.05. The zero-order chi connectivity index (χ0) is 22.4. The number of nitrogens with one attached hydrogen (secondary N) is 1. The van der Waals surface area contributed by atoms with Gasteiger partial charge in [-0.1, -0.05) is 11.6 Å². The molecule has 0 aliphatic carbocycles. The summed E-state index contributed by atoms with van der Waals surface area (Å²) in [6.07, 6.45) is 5.38. The Morgan fingerprint density at radius 2 is 2.09 bits per heavy atom. The molecular weight excluding hydrogens is 408 g/mol. The summed E-state index contributed by atoms with van der Waals surface area (Å²) in [5.41, 5.74) is 2.77. The van der Waals surface area contributed by atoms with Crippen LogP contribution < -0.4 is 10.2 Å². The molecule has 9 heteroatoms. The van der Waals surface area contributed by atoms with Crippen molar-refractivity contribution in [2.24, 2.45) is 0 Å². The minimum atomic E-state index is -0.0769. The van der Waals surface area contributed by atoms with Gasteiger partial charge < -0.3 is 19.6 Å². The third-order valence-corrected chi connectivity index (χ3v) is 7.08. The first kappa shape index (κ1) is 20.9. The quantitative estimate of drug-likeness (QED) is 0.783. The van der Waals surface area contributed by atoms with Gasteiger partial charge in [-0.15, -0.1) is 0 Å². The molecule has 1 unspecified atom stereocenters. The maximum Gasteiger partial charge on any atom is 0.255 e. The predicted octanol–water partition coefficient (Wildman–Crippen LogP) is 2.34. The number of hydrogen-bond acceptors (Lipinski definition) is 7. The lowest BCUT2D eigenvalue weighted by Crippen LogP contribution is -2.63. The Hall–Kier alpha value is -2.94. The Labute approximate surface area is 187 Å². The van der Waals surface area contributed by atoms with E-state index in [9.17, 15) is 9.59 Å². The number of carbonyl (C=O) groups excluding carboxylic acids is 2. The van der Waals surface area contributed by atoms with E-state index in [4.69, 9.17) is 4.52 Å². The number of fused-ring (bicyclic) bond motifs is 1. The molecule has 2 saturated heterocycles. The molecule has 0 bridgehead atoms. The topological polar surface area (TPSA) is 94.8 Å². The molecule has 5 rings (SSSR count). The third-order valence-electron chi connectivity index (χ3n) is 7.08. The Bertz CT molecular complexity index is 1020. The van der Waals surface area contributed by atoms with E-state index < -0.39 is 0 Å². The number of aromatic nitrogens is 2. The number of hydrogen-bond donors (Lipinski definition) is 1. The van der Waals surface area contributed by atoms with Gasteiger partial charge in [-0.2, -0.15) is 0 Å². The van der Waals surface area contributed by atoms with E-state index in [1.54, 1.807) is 17.2 Å². The maximum atomic E-state index is 13.2. The van der Waals surface area contributed by atoms with E-state index in [2.05, 4.69) is 27.3 Å². The van der Waals surface area contributed by atoms with Crippen LogP contribution in [0.3, 0.4) is 0 Å². The number of aryl methyl sites for hydroxylation is 2. The Balaban J connectivity index is 1.33. The second kappa shape index (κ2) is 8.20. The molecule has 1 atom stereocenters. The highest BCUT2D eigenvalue weighted by Gasteiger charge is 2.38. The number of nitrogens with zero attached hydrogens (tertiary/aromatic N) is 5. The molecule has 3 aliphatic heterocycles. The highest BCUT2D eigenvalue weighted by Crippen LogP contribution is 2.32. The monoisotopic (exact) mass is 438 g/mol.